The van der Waals surface area contributed by atoms with Gasteiger partial charge in [0.2, 0.25) is 0 Å². The standard InChI is InChI=1S/C18H29ClN2/c1-14-8-9-15(17(19)11-14)13-21-10-6-5-7-16(21)12-20-18(2,3)4/h8-9,11,16,20H,5-7,10,12-13H2,1-4H3. The molecule has 0 bridgehead atoms. The molecular formula is C18H29ClN2. The maximum atomic E-state index is 6.40. The molecule has 1 aliphatic heterocycles. The van der Waals surface area contributed by atoms with E-state index in [4.69, 9.17) is 11.6 Å². The molecule has 3 heteroatoms. The highest BCUT2D eigenvalue weighted by Gasteiger charge is 2.24. The summed E-state index contributed by atoms with van der Waals surface area (Å²) in [6.07, 6.45) is 3.93. The van der Waals surface area contributed by atoms with Crippen molar-refractivity contribution in [1.82, 2.24) is 10.2 Å². The van der Waals surface area contributed by atoms with Crippen LogP contribution in [0.1, 0.15) is 51.2 Å². The molecule has 0 saturated carbocycles. The number of nitrogens with one attached hydrogen (secondary N) is 1. The Hall–Kier alpha value is -0.570. The predicted molar refractivity (Wildman–Crippen MR) is 92.0 cm³/mol. The van der Waals surface area contributed by atoms with E-state index in [0.717, 1.165) is 18.1 Å². The normalized spacial score (nSPS) is 20.7. The van der Waals surface area contributed by atoms with E-state index in [0.29, 0.717) is 6.04 Å². The van der Waals surface area contributed by atoms with Crippen LogP contribution in [0.3, 0.4) is 0 Å². The number of nitrogens with zero attached hydrogens (tertiary/aromatic N) is 1. The van der Waals surface area contributed by atoms with E-state index in [1.165, 1.54) is 36.9 Å². The van der Waals surface area contributed by atoms with Crippen molar-refractivity contribution in [2.75, 3.05) is 13.1 Å². The summed E-state index contributed by atoms with van der Waals surface area (Å²) < 4.78 is 0. The molecule has 2 nitrogen and oxygen atoms in total. The van der Waals surface area contributed by atoms with Crippen molar-refractivity contribution in [2.45, 2.75) is 65.1 Å². The number of halogens is 1. The number of hydrogen-bond acceptors (Lipinski definition) is 2. The van der Waals surface area contributed by atoms with E-state index in [1.807, 2.05) is 0 Å². The summed E-state index contributed by atoms with van der Waals surface area (Å²) in [6, 6.07) is 7.03. The minimum atomic E-state index is 0.185. The van der Waals surface area contributed by atoms with Crippen LogP contribution in [0, 0.1) is 6.92 Å². The Balaban J connectivity index is 2.01. The smallest absolute Gasteiger partial charge is 0.0453 e. The highest BCUT2D eigenvalue weighted by atomic mass is 35.5. The van der Waals surface area contributed by atoms with Crippen LogP contribution in [0.5, 0.6) is 0 Å². The van der Waals surface area contributed by atoms with E-state index in [1.54, 1.807) is 0 Å². The van der Waals surface area contributed by atoms with Crippen LogP contribution in [0.4, 0.5) is 0 Å². The number of aryl methyl sites for hydroxylation is 1. The number of piperidine rings is 1. The molecule has 0 aliphatic carbocycles. The Morgan fingerprint density at radius 3 is 2.71 bits per heavy atom. The number of rotatable bonds is 4. The lowest BCUT2D eigenvalue weighted by Crippen LogP contribution is -2.49. The Morgan fingerprint density at radius 2 is 2.05 bits per heavy atom. The van der Waals surface area contributed by atoms with Crippen molar-refractivity contribution < 1.29 is 0 Å². The SMILES string of the molecule is Cc1ccc(CN2CCCCC2CNC(C)(C)C)c(Cl)c1. The summed E-state index contributed by atoms with van der Waals surface area (Å²) in [5.41, 5.74) is 2.67. The molecule has 0 radical (unpaired) electrons. The molecule has 0 aromatic heterocycles. The lowest BCUT2D eigenvalue weighted by Gasteiger charge is -2.37. The van der Waals surface area contributed by atoms with Crippen molar-refractivity contribution in [1.29, 1.82) is 0 Å². The molecule has 1 aliphatic rings. The average molecular weight is 309 g/mol. The molecule has 1 aromatic rings. The predicted octanol–water partition coefficient (Wildman–Crippen LogP) is 4.39. The highest BCUT2D eigenvalue weighted by Crippen LogP contribution is 2.24. The van der Waals surface area contributed by atoms with E-state index in [-0.39, 0.29) is 5.54 Å². The second kappa shape index (κ2) is 7.13. The first-order chi connectivity index (χ1) is 9.85. The van der Waals surface area contributed by atoms with Crippen molar-refractivity contribution in [3.8, 4) is 0 Å². The Labute approximate surface area is 134 Å². The number of hydrogen-bond donors (Lipinski definition) is 1. The molecule has 1 atom stereocenters. The van der Waals surface area contributed by atoms with Gasteiger partial charge in [-0.1, -0.05) is 30.2 Å². The Bertz CT molecular complexity index is 465. The zero-order valence-corrected chi connectivity index (χ0v) is 14.6. The summed E-state index contributed by atoms with van der Waals surface area (Å²) in [6.45, 7) is 12.0. The molecule has 1 aromatic carbocycles. The van der Waals surface area contributed by atoms with E-state index in [2.05, 4.69) is 56.1 Å². The molecule has 118 valence electrons. The van der Waals surface area contributed by atoms with Gasteiger partial charge >= 0.3 is 0 Å². The number of likely N-dealkylation sites (tertiary alicyclic amines) is 1. The van der Waals surface area contributed by atoms with Gasteiger partial charge in [0.05, 0.1) is 0 Å². The fraction of sp³-hybridized carbons (Fsp3) is 0.667. The van der Waals surface area contributed by atoms with E-state index < -0.39 is 0 Å². The van der Waals surface area contributed by atoms with Crippen LogP contribution >= 0.6 is 11.6 Å². The molecule has 21 heavy (non-hydrogen) atoms. The monoisotopic (exact) mass is 308 g/mol. The molecule has 1 saturated heterocycles. The van der Waals surface area contributed by atoms with Crippen molar-refractivity contribution in [3.05, 3.63) is 34.3 Å². The summed E-state index contributed by atoms with van der Waals surface area (Å²) in [7, 11) is 0. The number of benzene rings is 1. The van der Waals surface area contributed by atoms with Crippen LogP contribution < -0.4 is 5.32 Å². The van der Waals surface area contributed by atoms with Crippen molar-refractivity contribution in [3.63, 3.8) is 0 Å². The summed E-state index contributed by atoms with van der Waals surface area (Å²) in [5, 5.41) is 4.56. The van der Waals surface area contributed by atoms with Crippen LogP contribution in [-0.4, -0.2) is 29.6 Å². The van der Waals surface area contributed by atoms with Crippen molar-refractivity contribution >= 4 is 11.6 Å². The lowest BCUT2D eigenvalue weighted by atomic mass is 9.99. The minimum Gasteiger partial charge on any atom is -0.311 e. The summed E-state index contributed by atoms with van der Waals surface area (Å²) in [4.78, 5) is 2.60. The molecular weight excluding hydrogens is 280 g/mol. The lowest BCUT2D eigenvalue weighted by molar-refractivity contribution is 0.131. The van der Waals surface area contributed by atoms with Gasteiger partial charge in [-0.25, -0.2) is 0 Å². The quantitative estimate of drug-likeness (QED) is 0.887. The fourth-order valence-electron chi connectivity index (χ4n) is 2.92. The molecule has 1 N–H and O–H groups in total. The van der Waals surface area contributed by atoms with Gasteiger partial charge in [-0.3, -0.25) is 4.90 Å². The van der Waals surface area contributed by atoms with Crippen LogP contribution in [0.25, 0.3) is 0 Å². The van der Waals surface area contributed by atoms with Gasteiger partial charge in [0.15, 0.2) is 0 Å². The van der Waals surface area contributed by atoms with Crippen molar-refractivity contribution in [2.24, 2.45) is 0 Å². The summed E-state index contributed by atoms with van der Waals surface area (Å²) in [5.74, 6) is 0. The largest absolute Gasteiger partial charge is 0.311 e. The first kappa shape index (κ1) is 16.8. The van der Waals surface area contributed by atoms with Gasteiger partial charge in [0, 0.05) is 29.7 Å². The third kappa shape index (κ3) is 5.28. The van der Waals surface area contributed by atoms with Gasteiger partial charge in [-0.05, 0) is 64.3 Å². The first-order valence-corrected chi connectivity index (χ1v) is 8.47. The molecule has 0 spiro atoms. The van der Waals surface area contributed by atoms with Gasteiger partial charge in [-0.15, -0.1) is 0 Å². The van der Waals surface area contributed by atoms with E-state index in [9.17, 15) is 0 Å². The van der Waals surface area contributed by atoms with Gasteiger partial charge in [0.25, 0.3) is 0 Å². The zero-order valence-electron chi connectivity index (χ0n) is 13.9. The maximum absolute atomic E-state index is 6.40. The third-order valence-corrected chi connectivity index (χ3v) is 4.55. The molecule has 1 heterocycles. The molecule has 1 fully saturated rings. The average Bonchev–Trinajstić information content (AvgIpc) is 2.40. The second-order valence-electron chi connectivity index (χ2n) is 7.35. The third-order valence-electron chi connectivity index (χ3n) is 4.20. The maximum Gasteiger partial charge on any atom is 0.0453 e. The van der Waals surface area contributed by atoms with Gasteiger partial charge in [0.1, 0.15) is 0 Å². The van der Waals surface area contributed by atoms with Gasteiger partial charge in [-0.2, -0.15) is 0 Å². The van der Waals surface area contributed by atoms with Crippen LogP contribution in [-0.2, 0) is 6.54 Å². The van der Waals surface area contributed by atoms with E-state index >= 15 is 0 Å². The minimum absolute atomic E-state index is 0.185. The second-order valence-corrected chi connectivity index (χ2v) is 7.75. The topological polar surface area (TPSA) is 15.3 Å². The van der Waals surface area contributed by atoms with Crippen LogP contribution in [0.2, 0.25) is 5.02 Å². The van der Waals surface area contributed by atoms with Gasteiger partial charge < -0.3 is 5.32 Å². The Morgan fingerprint density at radius 1 is 1.29 bits per heavy atom. The zero-order chi connectivity index (χ0) is 15.5. The summed E-state index contributed by atoms with van der Waals surface area (Å²) >= 11 is 6.40. The Kier molecular flexibility index (Phi) is 5.70. The highest BCUT2D eigenvalue weighted by molar-refractivity contribution is 6.31. The van der Waals surface area contributed by atoms with Crippen LogP contribution in [0.15, 0.2) is 18.2 Å². The molecule has 0 amide bonds. The fourth-order valence-corrected chi connectivity index (χ4v) is 3.22. The first-order valence-electron chi connectivity index (χ1n) is 8.09. The molecule has 2 rings (SSSR count). The molecule has 1 unspecified atom stereocenters.